The Morgan fingerprint density at radius 2 is 1.72 bits per heavy atom. The van der Waals surface area contributed by atoms with Gasteiger partial charge in [0, 0.05) is 41.8 Å². The first-order valence-electron chi connectivity index (χ1n) is 9.87. The Kier molecular flexibility index (Phi) is 5.90. The lowest BCUT2D eigenvalue weighted by Crippen LogP contribution is -2.49. The molecule has 0 aliphatic carbocycles. The van der Waals surface area contributed by atoms with Crippen molar-refractivity contribution in [3.05, 3.63) is 76.3 Å². The van der Waals surface area contributed by atoms with Crippen molar-refractivity contribution in [3.8, 4) is 11.3 Å². The normalized spacial score (nSPS) is 14.1. The molecule has 0 spiro atoms. The van der Waals surface area contributed by atoms with Gasteiger partial charge in [0.05, 0.1) is 5.69 Å². The van der Waals surface area contributed by atoms with Crippen LogP contribution in [0.1, 0.15) is 22.8 Å². The van der Waals surface area contributed by atoms with Crippen LogP contribution in [0.2, 0.25) is 0 Å². The fourth-order valence-corrected chi connectivity index (χ4v) is 3.90. The Hall–Kier alpha value is -2.73. The first-order chi connectivity index (χ1) is 14.1. The number of amides is 1. The van der Waals surface area contributed by atoms with Gasteiger partial charge in [-0.2, -0.15) is 0 Å². The van der Waals surface area contributed by atoms with E-state index in [1.165, 1.54) is 5.56 Å². The number of halogens is 1. The van der Waals surface area contributed by atoms with E-state index in [2.05, 4.69) is 62.2 Å². The highest BCUT2D eigenvalue weighted by atomic mass is 79.9. The van der Waals surface area contributed by atoms with Crippen molar-refractivity contribution >= 4 is 27.7 Å². The van der Waals surface area contributed by atoms with Crippen LogP contribution in [0.3, 0.4) is 0 Å². The third-order valence-electron chi connectivity index (χ3n) is 5.27. The van der Waals surface area contributed by atoms with Gasteiger partial charge in [-0.15, -0.1) is 10.2 Å². The summed E-state index contributed by atoms with van der Waals surface area (Å²) in [6.07, 6.45) is 1.03. The van der Waals surface area contributed by atoms with Crippen molar-refractivity contribution in [1.29, 1.82) is 0 Å². The van der Waals surface area contributed by atoms with Gasteiger partial charge in [0.25, 0.3) is 5.91 Å². The van der Waals surface area contributed by atoms with E-state index in [0.29, 0.717) is 18.7 Å². The van der Waals surface area contributed by atoms with Crippen molar-refractivity contribution in [1.82, 2.24) is 15.1 Å². The molecule has 0 unspecified atom stereocenters. The molecule has 1 aliphatic heterocycles. The highest BCUT2D eigenvalue weighted by molar-refractivity contribution is 9.10. The van der Waals surface area contributed by atoms with E-state index >= 15 is 0 Å². The van der Waals surface area contributed by atoms with Gasteiger partial charge in [0.1, 0.15) is 0 Å². The van der Waals surface area contributed by atoms with E-state index in [-0.39, 0.29) is 5.91 Å². The smallest absolute Gasteiger partial charge is 0.254 e. The molecule has 2 aromatic carbocycles. The molecule has 4 rings (SSSR count). The second-order valence-corrected chi connectivity index (χ2v) is 8.03. The molecule has 148 valence electrons. The molecule has 0 bridgehead atoms. The summed E-state index contributed by atoms with van der Waals surface area (Å²) in [5.74, 6) is 0.927. The summed E-state index contributed by atoms with van der Waals surface area (Å²) in [4.78, 5) is 16.8. The summed E-state index contributed by atoms with van der Waals surface area (Å²) < 4.78 is 0.918. The third-order valence-corrected chi connectivity index (χ3v) is 5.76. The molecule has 1 aromatic heterocycles. The molecule has 6 heteroatoms. The van der Waals surface area contributed by atoms with E-state index in [0.717, 1.165) is 41.1 Å². The molecule has 1 fully saturated rings. The molecule has 0 atom stereocenters. The lowest BCUT2D eigenvalue weighted by molar-refractivity contribution is 0.0746. The molecule has 2 heterocycles. The third kappa shape index (κ3) is 4.48. The van der Waals surface area contributed by atoms with Crippen LogP contribution in [0.4, 0.5) is 5.82 Å². The molecule has 5 nitrogen and oxygen atoms in total. The summed E-state index contributed by atoms with van der Waals surface area (Å²) in [6, 6.07) is 20.0. The Bertz CT molecular complexity index is 981. The predicted molar refractivity (Wildman–Crippen MR) is 119 cm³/mol. The first kappa shape index (κ1) is 19.6. The van der Waals surface area contributed by atoms with Crippen LogP contribution in [0.5, 0.6) is 0 Å². The topological polar surface area (TPSA) is 49.3 Å². The van der Waals surface area contributed by atoms with Crippen molar-refractivity contribution in [2.24, 2.45) is 0 Å². The Balaban J connectivity index is 1.38. The van der Waals surface area contributed by atoms with Gasteiger partial charge in [0.2, 0.25) is 0 Å². The lowest BCUT2D eigenvalue weighted by Gasteiger charge is -2.35. The highest BCUT2D eigenvalue weighted by Gasteiger charge is 2.23. The fraction of sp³-hybridized carbons (Fsp3) is 0.261. The maximum atomic E-state index is 12.7. The number of carbonyl (C=O) groups excluding carboxylic acids is 1. The van der Waals surface area contributed by atoms with Gasteiger partial charge in [0.15, 0.2) is 5.82 Å². The fourth-order valence-electron chi connectivity index (χ4n) is 3.50. The number of benzene rings is 2. The molecule has 1 aliphatic rings. The van der Waals surface area contributed by atoms with Crippen LogP contribution < -0.4 is 4.90 Å². The summed E-state index contributed by atoms with van der Waals surface area (Å²) in [5, 5.41) is 8.84. The molecular formula is C23H23BrN4O. The van der Waals surface area contributed by atoms with Gasteiger partial charge in [-0.25, -0.2) is 0 Å². The molecule has 3 aromatic rings. The van der Waals surface area contributed by atoms with Crippen LogP contribution in [0.25, 0.3) is 11.3 Å². The monoisotopic (exact) mass is 450 g/mol. The largest absolute Gasteiger partial charge is 0.352 e. The van der Waals surface area contributed by atoms with Gasteiger partial charge >= 0.3 is 0 Å². The number of rotatable bonds is 4. The second-order valence-electron chi connectivity index (χ2n) is 7.12. The lowest BCUT2D eigenvalue weighted by atomic mass is 10.1. The molecule has 29 heavy (non-hydrogen) atoms. The number of aromatic nitrogens is 2. The van der Waals surface area contributed by atoms with Crippen LogP contribution >= 0.6 is 15.9 Å². The summed E-state index contributed by atoms with van der Waals surface area (Å²) in [7, 11) is 0. The van der Waals surface area contributed by atoms with Crippen molar-refractivity contribution in [2.45, 2.75) is 13.3 Å². The molecule has 0 radical (unpaired) electrons. The van der Waals surface area contributed by atoms with Crippen molar-refractivity contribution < 1.29 is 4.79 Å². The van der Waals surface area contributed by atoms with Crippen LogP contribution in [-0.4, -0.2) is 47.2 Å². The Morgan fingerprint density at radius 1 is 0.966 bits per heavy atom. The van der Waals surface area contributed by atoms with E-state index in [1.54, 1.807) is 0 Å². The number of hydrogen-bond acceptors (Lipinski definition) is 4. The average Bonchev–Trinajstić information content (AvgIpc) is 2.79. The standard InChI is InChI=1S/C23H23BrN4O/c1-2-17-6-8-18(9-7-17)21-10-11-22(26-25-21)27-12-14-28(15-13-27)23(29)19-4-3-5-20(24)16-19/h3-11,16H,2,12-15H2,1H3. The number of anilines is 1. The van der Waals surface area contributed by atoms with Crippen molar-refractivity contribution in [2.75, 3.05) is 31.1 Å². The van der Waals surface area contributed by atoms with E-state index in [1.807, 2.05) is 41.3 Å². The van der Waals surface area contributed by atoms with Crippen LogP contribution in [0, 0.1) is 0 Å². The SMILES string of the molecule is CCc1ccc(-c2ccc(N3CCN(C(=O)c4cccc(Br)c4)CC3)nn2)cc1. The summed E-state index contributed by atoms with van der Waals surface area (Å²) in [5.41, 5.74) is 3.98. The molecule has 1 saturated heterocycles. The minimum atomic E-state index is 0.0721. The Morgan fingerprint density at radius 3 is 2.34 bits per heavy atom. The highest BCUT2D eigenvalue weighted by Crippen LogP contribution is 2.21. The van der Waals surface area contributed by atoms with E-state index in [4.69, 9.17) is 0 Å². The minimum absolute atomic E-state index is 0.0721. The summed E-state index contributed by atoms with van der Waals surface area (Å²) in [6.45, 7) is 4.99. The Labute approximate surface area is 179 Å². The zero-order valence-corrected chi connectivity index (χ0v) is 18.0. The number of carbonyl (C=O) groups is 1. The van der Waals surface area contributed by atoms with Crippen LogP contribution in [0.15, 0.2) is 65.1 Å². The van der Waals surface area contributed by atoms with Gasteiger partial charge in [-0.3, -0.25) is 4.79 Å². The number of aryl methyl sites for hydroxylation is 1. The molecular weight excluding hydrogens is 428 g/mol. The number of nitrogens with zero attached hydrogens (tertiary/aromatic N) is 4. The van der Waals surface area contributed by atoms with Gasteiger partial charge < -0.3 is 9.80 Å². The molecule has 0 saturated carbocycles. The molecule has 0 N–H and O–H groups in total. The zero-order chi connectivity index (χ0) is 20.2. The van der Waals surface area contributed by atoms with Crippen molar-refractivity contribution in [3.63, 3.8) is 0 Å². The van der Waals surface area contributed by atoms with E-state index < -0.39 is 0 Å². The van der Waals surface area contributed by atoms with Gasteiger partial charge in [-0.05, 0) is 42.3 Å². The van der Waals surface area contributed by atoms with Crippen LogP contribution in [-0.2, 0) is 6.42 Å². The maximum Gasteiger partial charge on any atom is 0.254 e. The zero-order valence-electron chi connectivity index (χ0n) is 16.4. The van der Waals surface area contributed by atoms with Gasteiger partial charge in [-0.1, -0.05) is 53.2 Å². The second kappa shape index (κ2) is 8.74. The minimum Gasteiger partial charge on any atom is -0.352 e. The molecule has 1 amide bonds. The van der Waals surface area contributed by atoms with E-state index in [9.17, 15) is 4.79 Å². The quantitative estimate of drug-likeness (QED) is 0.589. The predicted octanol–water partition coefficient (Wildman–Crippen LogP) is 4.43. The first-order valence-corrected chi connectivity index (χ1v) is 10.7. The average molecular weight is 451 g/mol. The number of piperazine rings is 1. The number of hydrogen-bond donors (Lipinski definition) is 0. The summed E-state index contributed by atoms with van der Waals surface area (Å²) >= 11 is 3.43. The maximum absolute atomic E-state index is 12.7.